The minimum absolute atomic E-state index is 0.0248. The maximum Gasteiger partial charge on any atom is 0.263 e. The summed E-state index contributed by atoms with van der Waals surface area (Å²) in [6.45, 7) is 3.80. The van der Waals surface area contributed by atoms with Crippen molar-refractivity contribution in [1.82, 2.24) is 0 Å². The van der Waals surface area contributed by atoms with Gasteiger partial charge in [0.2, 0.25) is 0 Å². The molecule has 2 rings (SSSR count). The molecule has 98 valence electrons. The molecule has 0 radical (unpaired) electrons. The third-order valence-electron chi connectivity index (χ3n) is 2.96. The number of halogens is 2. The van der Waals surface area contributed by atoms with Crippen molar-refractivity contribution in [1.29, 1.82) is 0 Å². The van der Waals surface area contributed by atoms with Gasteiger partial charge in [0.15, 0.2) is 0 Å². The molecule has 0 spiro atoms. The van der Waals surface area contributed by atoms with Gasteiger partial charge in [0.25, 0.3) is 6.43 Å². The van der Waals surface area contributed by atoms with Gasteiger partial charge in [-0.05, 0) is 37.1 Å². The van der Waals surface area contributed by atoms with Crippen LogP contribution in [0.1, 0.15) is 30.0 Å². The summed E-state index contributed by atoms with van der Waals surface area (Å²) in [5.74, 6) is 0. The van der Waals surface area contributed by atoms with Gasteiger partial charge in [-0.25, -0.2) is 8.78 Å². The average molecular weight is 259 g/mol. The summed E-state index contributed by atoms with van der Waals surface area (Å²) in [5, 5.41) is 0. The number of aryl methyl sites for hydroxylation is 1. The van der Waals surface area contributed by atoms with Crippen molar-refractivity contribution in [3.63, 3.8) is 0 Å². The van der Waals surface area contributed by atoms with E-state index in [1.54, 1.807) is 12.1 Å². The number of hydrogen-bond donors (Lipinski definition) is 0. The summed E-state index contributed by atoms with van der Waals surface area (Å²) >= 11 is 0. The Morgan fingerprint density at radius 1 is 1.05 bits per heavy atom. The molecule has 0 aliphatic heterocycles. The molecule has 0 fully saturated rings. The molecule has 0 N–H and O–H groups in total. The molecule has 0 saturated heterocycles. The molecule has 0 aromatic heterocycles. The SMILES string of the molecule is CC(=Nc1ccccc1C)c1cccc(C(F)F)c1. The second kappa shape index (κ2) is 5.74. The Bertz CT molecular complexity index is 603. The second-order valence-electron chi connectivity index (χ2n) is 4.41. The molecular formula is C16H15F2N. The van der Waals surface area contributed by atoms with Gasteiger partial charge in [-0.2, -0.15) is 0 Å². The lowest BCUT2D eigenvalue weighted by Crippen LogP contribution is -1.96. The lowest BCUT2D eigenvalue weighted by Gasteiger charge is -2.06. The van der Waals surface area contributed by atoms with E-state index in [2.05, 4.69) is 4.99 Å². The highest BCUT2D eigenvalue weighted by Crippen LogP contribution is 2.22. The van der Waals surface area contributed by atoms with Gasteiger partial charge >= 0.3 is 0 Å². The van der Waals surface area contributed by atoms with Crippen LogP contribution in [0.4, 0.5) is 14.5 Å². The van der Waals surface area contributed by atoms with Gasteiger partial charge in [-0.1, -0.05) is 36.4 Å². The summed E-state index contributed by atoms with van der Waals surface area (Å²) in [6, 6.07) is 14.1. The highest BCUT2D eigenvalue weighted by atomic mass is 19.3. The Hall–Kier alpha value is -2.03. The first kappa shape index (κ1) is 13.4. The summed E-state index contributed by atoms with van der Waals surface area (Å²) in [4.78, 5) is 4.50. The third-order valence-corrected chi connectivity index (χ3v) is 2.96. The highest BCUT2D eigenvalue weighted by Gasteiger charge is 2.08. The Kier molecular flexibility index (Phi) is 4.05. The molecule has 0 atom stereocenters. The van der Waals surface area contributed by atoms with E-state index in [0.29, 0.717) is 0 Å². The van der Waals surface area contributed by atoms with E-state index in [4.69, 9.17) is 0 Å². The van der Waals surface area contributed by atoms with E-state index < -0.39 is 6.43 Å². The fraction of sp³-hybridized carbons (Fsp3) is 0.188. The molecule has 19 heavy (non-hydrogen) atoms. The Morgan fingerprint density at radius 3 is 2.47 bits per heavy atom. The van der Waals surface area contributed by atoms with Crippen molar-refractivity contribution >= 4 is 11.4 Å². The number of nitrogens with zero attached hydrogens (tertiary/aromatic N) is 1. The minimum Gasteiger partial charge on any atom is -0.253 e. The van der Waals surface area contributed by atoms with Crippen molar-refractivity contribution in [3.8, 4) is 0 Å². The summed E-state index contributed by atoms with van der Waals surface area (Å²) in [6.07, 6.45) is -2.45. The zero-order chi connectivity index (χ0) is 13.8. The van der Waals surface area contributed by atoms with E-state index in [-0.39, 0.29) is 5.56 Å². The summed E-state index contributed by atoms with van der Waals surface area (Å²) in [7, 11) is 0. The molecule has 0 aliphatic carbocycles. The lowest BCUT2D eigenvalue weighted by molar-refractivity contribution is 0.151. The van der Waals surface area contributed by atoms with Gasteiger partial charge in [-0.15, -0.1) is 0 Å². The van der Waals surface area contributed by atoms with Gasteiger partial charge in [0.1, 0.15) is 0 Å². The van der Waals surface area contributed by atoms with E-state index in [0.717, 1.165) is 22.5 Å². The first-order chi connectivity index (χ1) is 9.08. The molecule has 0 unspecified atom stereocenters. The highest BCUT2D eigenvalue weighted by molar-refractivity contribution is 6.00. The van der Waals surface area contributed by atoms with Gasteiger partial charge in [-0.3, -0.25) is 4.99 Å². The zero-order valence-electron chi connectivity index (χ0n) is 10.9. The molecule has 0 saturated carbocycles. The summed E-state index contributed by atoms with van der Waals surface area (Å²) in [5.41, 5.74) is 3.41. The van der Waals surface area contributed by atoms with Crippen molar-refractivity contribution < 1.29 is 8.78 Å². The third kappa shape index (κ3) is 3.25. The van der Waals surface area contributed by atoms with Crippen LogP contribution < -0.4 is 0 Å². The van der Waals surface area contributed by atoms with Crippen LogP contribution in [0, 0.1) is 6.92 Å². The van der Waals surface area contributed by atoms with Crippen molar-refractivity contribution in [2.75, 3.05) is 0 Å². The first-order valence-electron chi connectivity index (χ1n) is 6.07. The maximum absolute atomic E-state index is 12.7. The predicted molar refractivity (Wildman–Crippen MR) is 74.4 cm³/mol. The van der Waals surface area contributed by atoms with Gasteiger partial charge in [0.05, 0.1) is 5.69 Å². The average Bonchev–Trinajstić information content (AvgIpc) is 2.41. The predicted octanol–water partition coefficient (Wildman–Crippen LogP) is 5.07. The molecular weight excluding hydrogens is 244 g/mol. The molecule has 0 bridgehead atoms. The Balaban J connectivity index is 2.36. The molecule has 1 nitrogen and oxygen atoms in total. The van der Waals surface area contributed by atoms with Crippen LogP contribution in [0.25, 0.3) is 0 Å². The Morgan fingerprint density at radius 2 is 1.79 bits per heavy atom. The topological polar surface area (TPSA) is 12.4 Å². The van der Waals surface area contributed by atoms with Gasteiger partial charge in [0, 0.05) is 11.3 Å². The molecule has 0 aliphatic rings. The fourth-order valence-corrected chi connectivity index (χ4v) is 1.83. The monoisotopic (exact) mass is 259 g/mol. The van der Waals surface area contributed by atoms with E-state index in [1.807, 2.05) is 38.1 Å². The maximum atomic E-state index is 12.7. The van der Waals surface area contributed by atoms with Gasteiger partial charge < -0.3 is 0 Å². The van der Waals surface area contributed by atoms with E-state index >= 15 is 0 Å². The van der Waals surface area contributed by atoms with Crippen LogP contribution >= 0.6 is 0 Å². The van der Waals surface area contributed by atoms with Crippen molar-refractivity contribution in [2.24, 2.45) is 4.99 Å². The zero-order valence-corrected chi connectivity index (χ0v) is 10.9. The minimum atomic E-state index is -2.45. The molecule has 2 aromatic carbocycles. The van der Waals surface area contributed by atoms with Crippen LogP contribution in [0.15, 0.2) is 53.5 Å². The lowest BCUT2D eigenvalue weighted by atomic mass is 10.1. The molecule has 2 aromatic rings. The second-order valence-corrected chi connectivity index (χ2v) is 4.41. The van der Waals surface area contributed by atoms with Crippen molar-refractivity contribution in [3.05, 3.63) is 65.2 Å². The quantitative estimate of drug-likeness (QED) is 0.682. The number of para-hydroxylation sites is 1. The number of benzene rings is 2. The number of aliphatic imine (C=N–C) groups is 1. The van der Waals surface area contributed by atoms with E-state index in [9.17, 15) is 8.78 Å². The Labute approximate surface area is 111 Å². The van der Waals surface area contributed by atoms with Crippen LogP contribution in [-0.2, 0) is 0 Å². The van der Waals surface area contributed by atoms with Crippen molar-refractivity contribution in [2.45, 2.75) is 20.3 Å². The fourth-order valence-electron chi connectivity index (χ4n) is 1.83. The molecule has 3 heteroatoms. The molecule has 0 amide bonds. The number of rotatable bonds is 3. The first-order valence-corrected chi connectivity index (χ1v) is 6.07. The summed E-state index contributed by atoms with van der Waals surface area (Å²) < 4.78 is 25.3. The number of hydrogen-bond acceptors (Lipinski definition) is 1. The van der Waals surface area contributed by atoms with Crippen LogP contribution in [0.5, 0.6) is 0 Å². The van der Waals surface area contributed by atoms with E-state index in [1.165, 1.54) is 12.1 Å². The standard InChI is InChI=1S/C16H15F2N/c1-11-6-3-4-9-15(11)19-12(2)13-7-5-8-14(10-13)16(17)18/h3-10,16H,1-2H3. The number of alkyl halides is 2. The largest absolute Gasteiger partial charge is 0.263 e. The molecule has 0 heterocycles. The normalized spacial score (nSPS) is 11.9. The van der Waals surface area contributed by atoms with Crippen LogP contribution in [-0.4, -0.2) is 5.71 Å². The van der Waals surface area contributed by atoms with Crippen LogP contribution in [0.3, 0.4) is 0 Å². The smallest absolute Gasteiger partial charge is 0.253 e. The van der Waals surface area contributed by atoms with Crippen LogP contribution in [0.2, 0.25) is 0 Å².